The minimum Gasteiger partial charge on any atom is -0.262 e. The normalized spacial score (nSPS) is 17.4. The van der Waals surface area contributed by atoms with Crippen LogP contribution in [0.15, 0.2) is 12.3 Å². The van der Waals surface area contributed by atoms with Gasteiger partial charge in [-0.25, -0.2) is 4.58 Å². The van der Waals surface area contributed by atoms with Gasteiger partial charge in [-0.05, 0) is 19.9 Å². The van der Waals surface area contributed by atoms with Crippen LogP contribution in [0.5, 0.6) is 0 Å². The molecule has 0 aromatic carbocycles. The van der Waals surface area contributed by atoms with Crippen molar-refractivity contribution in [2.24, 2.45) is 0 Å². The lowest BCUT2D eigenvalue weighted by Crippen LogP contribution is -2.39. The number of nitrogens with zero attached hydrogens (tertiary/aromatic N) is 2. The van der Waals surface area contributed by atoms with Crippen LogP contribution in [-0.2, 0) is 0 Å². The Morgan fingerprint density at radius 2 is 2.17 bits per heavy atom. The number of hydrogen-bond donors (Lipinski definition) is 0. The maximum atomic E-state index is 2.42. The lowest BCUT2D eigenvalue weighted by molar-refractivity contribution is -0.462. The lowest BCUT2D eigenvalue weighted by Gasteiger charge is -2.20. The van der Waals surface area contributed by atoms with E-state index in [9.17, 15) is 0 Å². The molecule has 0 spiro atoms. The second-order valence-electron chi connectivity index (χ2n) is 2.98. The predicted octanol–water partition coefficient (Wildman–Crippen LogP) is 1.68. The molecule has 0 saturated heterocycles. The SMILES string of the molecule is CCC1=[N+](CC)C=CCN1CC. The molecule has 0 atom stereocenters. The van der Waals surface area contributed by atoms with E-state index in [4.69, 9.17) is 0 Å². The standard InChI is InChI=1S/C10H19N2/c1-4-10-11(5-2)8-7-9-12(10)6-3/h7-8H,4-6,9H2,1-3H3/q+1. The van der Waals surface area contributed by atoms with Gasteiger partial charge >= 0.3 is 0 Å². The van der Waals surface area contributed by atoms with Crippen molar-refractivity contribution in [2.45, 2.75) is 27.2 Å². The molecular weight excluding hydrogens is 148 g/mol. The average Bonchev–Trinajstić information content (AvgIpc) is 2.16. The van der Waals surface area contributed by atoms with Crippen LogP contribution < -0.4 is 0 Å². The van der Waals surface area contributed by atoms with E-state index in [1.807, 2.05) is 0 Å². The summed E-state index contributed by atoms with van der Waals surface area (Å²) in [6.07, 6.45) is 5.56. The summed E-state index contributed by atoms with van der Waals surface area (Å²) in [5.41, 5.74) is 0. The molecule has 0 saturated carbocycles. The molecule has 0 amide bonds. The number of amidine groups is 1. The Balaban J connectivity index is 2.85. The van der Waals surface area contributed by atoms with Crippen LogP contribution in [-0.4, -0.2) is 34.9 Å². The summed E-state index contributed by atoms with van der Waals surface area (Å²) in [5, 5.41) is 0. The number of rotatable bonds is 3. The first-order chi connectivity index (χ1) is 5.83. The van der Waals surface area contributed by atoms with Crippen LogP contribution in [0.2, 0.25) is 0 Å². The van der Waals surface area contributed by atoms with Gasteiger partial charge in [0.2, 0.25) is 0 Å². The number of likely N-dealkylation sites (N-methyl/N-ethyl adjacent to an activating group) is 1. The van der Waals surface area contributed by atoms with E-state index in [0.717, 1.165) is 26.1 Å². The molecule has 0 aromatic heterocycles. The molecule has 2 heteroatoms. The Morgan fingerprint density at radius 1 is 1.42 bits per heavy atom. The van der Waals surface area contributed by atoms with E-state index >= 15 is 0 Å². The largest absolute Gasteiger partial charge is 0.262 e. The third-order valence-corrected chi connectivity index (χ3v) is 2.35. The van der Waals surface area contributed by atoms with Crippen molar-refractivity contribution >= 4 is 5.84 Å². The van der Waals surface area contributed by atoms with Crippen molar-refractivity contribution in [2.75, 3.05) is 19.6 Å². The Morgan fingerprint density at radius 3 is 2.67 bits per heavy atom. The van der Waals surface area contributed by atoms with Gasteiger partial charge in [-0.2, -0.15) is 0 Å². The fraction of sp³-hybridized carbons (Fsp3) is 0.700. The molecule has 0 aromatic rings. The van der Waals surface area contributed by atoms with Gasteiger partial charge in [-0.15, -0.1) is 0 Å². The van der Waals surface area contributed by atoms with E-state index < -0.39 is 0 Å². The van der Waals surface area contributed by atoms with E-state index in [0.29, 0.717) is 0 Å². The zero-order valence-electron chi connectivity index (χ0n) is 8.38. The predicted molar refractivity (Wildman–Crippen MR) is 52.5 cm³/mol. The van der Waals surface area contributed by atoms with Crippen LogP contribution in [0.4, 0.5) is 0 Å². The van der Waals surface area contributed by atoms with Crippen LogP contribution in [0.1, 0.15) is 27.2 Å². The van der Waals surface area contributed by atoms with E-state index in [1.165, 1.54) is 5.84 Å². The molecule has 1 aliphatic heterocycles. The Bertz CT molecular complexity index is 204. The molecule has 0 bridgehead atoms. The zero-order chi connectivity index (χ0) is 8.97. The molecular formula is C10H19N2+. The molecule has 1 heterocycles. The van der Waals surface area contributed by atoms with Gasteiger partial charge in [0.05, 0.1) is 19.3 Å². The Kier molecular flexibility index (Phi) is 3.32. The summed E-state index contributed by atoms with van der Waals surface area (Å²) in [6.45, 7) is 9.90. The van der Waals surface area contributed by atoms with Crippen molar-refractivity contribution in [1.82, 2.24) is 4.90 Å². The number of hydrogen-bond acceptors (Lipinski definition) is 1. The molecule has 0 fully saturated rings. The fourth-order valence-corrected chi connectivity index (χ4v) is 1.70. The van der Waals surface area contributed by atoms with Gasteiger partial charge in [0, 0.05) is 6.42 Å². The molecule has 1 aliphatic rings. The van der Waals surface area contributed by atoms with Gasteiger partial charge in [0.15, 0.2) is 0 Å². The monoisotopic (exact) mass is 167 g/mol. The summed E-state index contributed by atoms with van der Waals surface area (Å²) >= 11 is 0. The average molecular weight is 167 g/mol. The molecule has 0 aliphatic carbocycles. The summed E-state index contributed by atoms with van der Waals surface area (Å²) in [4.78, 5) is 2.42. The van der Waals surface area contributed by atoms with E-state index in [2.05, 4.69) is 42.5 Å². The topological polar surface area (TPSA) is 6.25 Å². The molecule has 68 valence electrons. The van der Waals surface area contributed by atoms with Gasteiger partial charge in [0.25, 0.3) is 5.84 Å². The molecule has 1 rings (SSSR count). The van der Waals surface area contributed by atoms with E-state index in [-0.39, 0.29) is 0 Å². The third-order valence-electron chi connectivity index (χ3n) is 2.35. The highest BCUT2D eigenvalue weighted by Gasteiger charge is 2.19. The van der Waals surface area contributed by atoms with Crippen molar-refractivity contribution < 1.29 is 4.58 Å². The highest BCUT2D eigenvalue weighted by Crippen LogP contribution is 2.02. The first-order valence-electron chi connectivity index (χ1n) is 4.87. The van der Waals surface area contributed by atoms with Crippen LogP contribution in [0.25, 0.3) is 0 Å². The fourth-order valence-electron chi connectivity index (χ4n) is 1.70. The van der Waals surface area contributed by atoms with Crippen LogP contribution >= 0.6 is 0 Å². The van der Waals surface area contributed by atoms with Gasteiger partial charge in [-0.3, -0.25) is 4.90 Å². The smallest absolute Gasteiger partial charge is 0.251 e. The minimum atomic E-state index is 1.08. The highest BCUT2D eigenvalue weighted by atomic mass is 15.2. The van der Waals surface area contributed by atoms with Crippen molar-refractivity contribution in [3.05, 3.63) is 12.3 Å². The second-order valence-corrected chi connectivity index (χ2v) is 2.98. The van der Waals surface area contributed by atoms with Gasteiger partial charge in [-0.1, -0.05) is 6.92 Å². The Labute approximate surface area is 75.2 Å². The van der Waals surface area contributed by atoms with Gasteiger partial charge in [0.1, 0.15) is 6.54 Å². The first-order valence-corrected chi connectivity index (χ1v) is 4.87. The highest BCUT2D eigenvalue weighted by molar-refractivity contribution is 5.78. The maximum absolute atomic E-state index is 2.42. The molecule has 12 heavy (non-hydrogen) atoms. The molecule has 0 N–H and O–H groups in total. The Hall–Kier alpha value is -0.790. The summed E-state index contributed by atoms with van der Waals surface area (Å²) in [5.74, 6) is 1.46. The quantitative estimate of drug-likeness (QED) is 0.580. The van der Waals surface area contributed by atoms with Crippen molar-refractivity contribution in [1.29, 1.82) is 0 Å². The van der Waals surface area contributed by atoms with Crippen molar-refractivity contribution in [3.8, 4) is 0 Å². The lowest BCUT2D eigenvalue weighted by atomic mass is 10.3. The molecule has 2 nitrogen and oxygen atoms in total. The maximum Gasteiger partial charge on any atom is 0.251 e. The second kappa shape index (κ2) is 4.29. The van der Waals surface area contributed by atoms with Crippen LogP contribution in [0.3, 0.4) is 0 Å². The molecule has 0 unspecified atom stereocenters. The van der Waals surface area contributed by atoms with E-state index in [1.54, 1.807) is 0 Å². The zero-order valence-corrected chi connectivity index (χ0v) is 8.38. The third kappa shape index (κ3) is 1.68. The summed E-state index contributed by atoms with van der Waals surface area (Å²) < 4.78 is 2.33. The minimum absolute atomic E-state index is 1.08. The van der Waals surface area contributed by atoms with Crippen molar-refractivity contribution in [3.63, 3.8) is 0 Å². The summed E-state index contributed by atoms with van der Waals surface area (Å²) in [7, 11) is 0. The van der Waals surface area contributed by atoms with Crippen LogP contribution in [0, 0.1) is 0 Å². The first kappa shape index (κ1) is 9.30. The summed E-state index contributed by atoms with van der Waals surface area (Å²) in [6, 6.07) is 0. The molecule has 0 radical (unpaired) electrons. The van der Waals surface area contributed by atoms with Gasteiger partial charge < -0.3 is 0 Å².